The molecular weight excluding hydrogens is 334 g/mol. The molecule has 3 rings (SSSR count). The molecule has 0 spiro atoms. The zero-order chi connectivity index (χ0) is 17.9. The van der Waals surface area contributed by atoms with Crippen molar-refractivity contribution in [3.8, 4) is 0 Å². The Morgan fingerprint density at radius 2 is 1.96 bits per heavy atom. The van der Waals surface area contributed by atoms with Crippen LogP contribution in [0.15, 0.2) is 24.3 Å². The first-order chi connectivity index (χ1) is 12.0. The topological polar surface area (TPSA) is 47.5 Å². The van der Waals surface area contributed by atoms with E-state index in [1.54, 1.807) is 0 Å². The molecule has 0 radical (unpaired) electrons. The lowest BCUT2D eigenvalue weighted by Gasteiger charge is -2.41. The van der Waals surface area contributed by atoms with Crippen molar-refractivity contribution in [3.05, 3.63) is 34.9 Å². The number of aliphatic hydroxyl groups excluding tert-OH is 1. The summed E-state index contributed by atoms with van der Waals surface area (Å²) in [6.45, 7) is 7.97. The van der Waals surface area contributed by atoms with E-state index in [4.69, 9.17) is 11.6 Å². The maximum Gasteiger partial charge on any atom is 0.0491 e. The van der Waals surface area contributed by atoms with E-state index in [9.17, 15) is 5.11 Å². The van der Waals surface area contributed by atoms with Gasteiger partial charge in [0.1, 0.15) is 0 Å². The van der Waals surface area contributed by atoms with Crippen molar-refractivity contribution in [2.45, 2.75) is 51.6 Å². The van der Waals surface area contributed by atoms with Crippen LogP contribution < -0.4 is 10.9 Å². The summed E-state index contributed by atoms with van der Waals surface area (Å²) in [5, 5.41) is 10.9. The lowest BCUT2D eigenvalue weighted by atomic mass is 9.74. The van der Waals surface area contributed by atoms with Crippen LogP contribution >= 0.6 is 11.6 Å². The van der Waals surface area contributed by atoms with Crippen LogP contribution in [-0.2, 0) is 6.42 Å². The highest BCUT2D eigenvalue weighted by Gasteiger charge is 2.36. The van der Waals surface area contributed by atoms with E-state index < -0.39 is 0 Å². The Morgan fingerprint density at radius 3 is 2.56 bits per heavy atom. The van der Waals surface area contributed by atoms with Gasteiger partial charge in [-0.25, -0.2) is 0 Å². The average Bonchev–Trinajstić information content (AvgIpc) is 3.08. The van der Waals surface area contributed by atoms with E-state index in [0.717, 1.165) is 49.5 Å². The van der Waals surface area contributed by atoms with Crippen molar-refractivity contribution < 1.29 is 5.11 Å². The third-order valence-corrected chi connectivity index (χ3v) is 6.44. The zero-order valence-corrected chi connectivity index (χ0v) is 16.2. The van der Waals surface area contributed by atoms with Crippen LogP contribution in [0, 0.1) is 11.3 Å². The molecule has 0 saturated carbocycles. The molecule has 2 unspecified atom stereocenters. The fourth-order valence-corrected chi connectivity index (χ4v) is 4.37. The van der Waals surface area contributed by atoms with Crippen LogP contribution in [0.3, 0.4) is 0 Å². The van der Waals surface area contributed by atoms with E-state index in [0.29, 0.717) is 18.0 Å². The Kier molecular flexibility index (Phi) is 6.39. The summed E-state index contributed by atoms with van der Waals surface area (Å²) >= 11 is 6.34. The molecule has 0 amide bonds. The normalized spacial score (nSPS) is 27.1. The first-order valence-electron chi connectivity index (χ1n) is 9.59. The van der Waals surface area contributed by atoms with E-state index in [2.05, 4.69) is 35.7 Å². The molecule has 1 aromatic carbocycles. The quantitative estimate of drug-likeness (QED) is 0.725. The van der Waals surface area contributed by atoms with Crippen LogP contribution in [0.5, 0.6) is 0 Å². The molecule has 0 aliphatic carbocycles. The SMILES string of the molecule is CC(C)C1CC(CN2CCC(CO)(Cc3ccccc3Cl)CC2)NN1. The van der Waals surface area contributed by atoms with Crippen LogP contribution in [0.4, 0.5) is 0 Å². The van der Waals surface area contributed by atoms with Crippen molar-refractivity contribution in [1.29, 1.82) is 0 Å². The van der Waals surface area contributed by atoms with Crippen LogP contribution in [0.1, 0.15) is 38.7 Å². The number of nitrogens with zero attached hydrogens (tertiary/aromatic N) is 1. The summed E-state index contributed by atoms with van der Waals surface area (Å²) in [6.07, 6.45) is 4.12. The Bertz CT molecular complexity index is 558. The van der Waals surface area contributed by atoms with Gasteiger partial charge in [0.15, 0.2) is 0 Å². The summed E-state index contributed by atoms with van der Waals surface area (Å²) in [4.78, 5) is 2.54. The molecule has 2 fully saturated rings. The summed E-state index contributed by atoms with van der Waals surface area (Å²) in [5.41, 5.74) is 8.03. The lowest BCUT2D eigenvalue weighted by Crippen LogP contribution is -2.47. The fourth-order valence-electron chi connectivity index (χ4n) is 4.17. The molecule has 1 aromatic rings. The monoisotopic (exact) mass is 365 g/mol. The maximum atomic E-state index is 10.1. The molecule has 0 aromatic heterocycles. The molecule has 2 saturated heterocycles. The second kappa shape index (κ2) is 8.36. The van der Waals surface area contributed by atoms with E-state index in [1.807, 2.05) is 18.2 Å². The Balaban J connectivity index is 1.52. The number of nitrogens with one attached hydrogen (secondary N) is 2. The molecule has 140 valence electrons. The number of piperidine rings is 1. The third-order valence-electron chi connectivity index (χ3n) is 6.07. The molecule has 2 heterocycles. The van der Waals surface area contributed by atoms with Crippen molar-refractivity contribution in [1.82, 2.24) is 15.8 Å². The number of hydrogen-bond acceptors (Lipinski definition) is 4. The summed E-state index contributed by atoms with van der Waals surface area (Å²) < 4.78 is 0. The standard InChI is InChI=1S/C20H32ClN3O/c1-15(2)19-11-17(22-23-19)13-24-9-7-20(14-25,8-10-24)12-16-5-3-4-6-18(16)21/h3-6,15,17,19,22-23,25H,7-14H2,1-2H3. The molecule has 2 aliphatic rings. The van der Waals surface area contributed by atoms with Gasteiger partial charge in [-0.05, 0) is 61.7 Å². The lowest BCUT2D eigenvalue weighted by molar-refractivity contribution is 0.0412. The van der Waals surface area contributed by atoms with Gasteiger partial charge in [0.05, 0.1) is 0 Å². The highest BCUT2D eigenvalue weighted by molar-refractivity contribution is 6.31. The van der Waals surface area contributed by atoms with Gasteiger partial charge < -0.3 is 10.0 Å². The number of likely N-dealkylation sites (tertiary alicyclic amines) is 1. The number of aliphatic hydroxyl groups is 1. The Labute approximate surface area is 156 Å². The highest BCUT2D eigenvalue weighted by atomic mass is 35.5. The van der Waals surface area contributed by atoms with Gasteiger partial charge in [-0.15, -0.1) is 0 Å². The van der Waals surface area contributed by atoms with Gasteiger partial charge in [-0.3, -0.25) is 10.9 Å². The molecule has 0 bridgehead atoms. The van der Waals surface area contributed by atoms with E-state index in [-0.39, 0.29) is 12.0 Å². The number of halogens is 1. The van der Waals surface area contributed by atoms with Crippen molar-refractivity contribution in [3.63, 3.8) is 0 Å². The zero-order valence-electron chi connectivity index (χ0n) is 15.5. The van der Waals surface area contributed by atoms with E-state index >= 15 is 0 Å². The van der Waals surface area contributed by atoms with Crippen molar-refractivity contribution in [2.75, 3.05) is 26.2 Å². The molecule has 3 N–H and O–H groups in total. The highest BCUT2D eigenvalue weighted by Crippen LogP contribution is 2.36. The fraction of sp³-hybridized carbons (Fsp3) is 0.700. The van der Waals surface area contributed by atoms with Gasteiger partial charge in [0.2, 0.25) is 0 Å². The second-order valence-corrected chi connectivity index (χ2v) is 8.71. The molecule has 2 aliphatic heterocycles. The summed E-state index contributed by atoms with van der Waals surface area (Å²) in [5.74, 6) is 0.663. The number of benzene rings is 1. The molecule has 25 heavy (non-hydrogen) atoms. The van der Waals surface area contributed by atoms with Gasteiger partial charge in [0, 0.05) is 30.3 Å². The van der Waals surface area contributed by atoms with Gasteiger partial charge in [-0.2, -0.15) is 0 Å². The van der Waals surface area contributed by atoms with Gasteiger partial charge in [-0.1, -0.05) is 43.6 Å². The van der Waals surface area contributed by atoms with Crippen LogP contribution in [0.25, 0.3) is 0 Å². The minimum Gasteiger partial charge on any atom is -0.396 e. The van der Waals surface area contributed by atoms with E-state index in [1.165, 1.54) is 6.42 Å². The maximum absolute atomic E-state index is 10.1. The average molecular weight is 366 g/mol. The predicted octanol–water partition coefficient (Wildman–Crippen LogP) is 2.85. The van der Waals surface area contributed by atoms with Crippen LogP contribution in [0.2, 0.25) is 5.02 Å². The minimum absolute atomic E-state index is 0.0245. The molecule has 2 atom stereocenters. The molecular formula is C20H32ClN3O. The Morgan fingerprint density at radius 1 is 1.24 bits per heavy atom. The summed E-state index contributed by atoms with van der Waals surface area (Å²) in [7, 11) is 0. The van der Waals surface area contributed by atoms with Gasteiger partial charge >= 0.3 is 0 Å². The molecule has 4 nitrogen and oxygen atoms in total. The molecule has 5 heteroatoms. The van der Waals surface area contributed by atoms with Crippen molar-refractivity contribution in [2.24, 2.45) is 11.3 Å². The van der Waals surface area contributed by atoms with Crippen molar-refractivity contribution >= 4 is 11.6 Å². The van der Waals surface area contributed by atoms with Crippen LogP contribution in [-0.4, -0.2) is 48.3 Å². The summed E-state index contributed by atoms with van der Waals surface area (Å²) in [6, 6.07) is 9.13. The smallest absolute Gasteiger partial charge is 0.0491 e. The second-order valence-electron chi connectivity index (χ2n) is 8.30. The predicted molar refractivity (Wildman–Crippen MR) is 104 cm³/mol. The van der Waals surface area contributed by atoms with Gasteiger partial charge in [0.25, 0.3) is 0 Å². The largest absolute Gasteiger partial charge is 0.396 e. The number of rotatable bonds is 6. The number of hydrogen-bond donors (Lipinski definition) is 3. The minimum atomic E-state index is -0.0245. The third kappa shape index (κ3) is 4.75. The first-order valence-corrected chi connectivity index (χ1v) is 9.97. The number of hydrazine groups is 1. The first kappa shape index (κ1) is 19.1. The Hall–Kier alpha value is -0.650.